The topological polar surface area (TPSA) is 34.0 Å². The van der Waals surface area contributed by atoms with Crippen LogP contribution >= 0.6 is 11.3 Å². The van der Waals surface area contributed by atoms with Gasteiger partial charge >= 0.3 is 0 Å². The fourth-order valence-electron chi connectivity index (χ4n) is 2.94. The number of rotatable bonds is 5. The summed E-state index contributed by atoms with van der Waals surface area (Å²) >= 11 is 1.72. The SMILES string of the molecule is Cc1cccc(-c2nc(CN(C)Cc3c(C)nn(C)c3C)cs2)c1. The maximum absolute atomic E-state index is 4.81. The molecule has 0 bridgehead atoms. The molecule has 5 heteroatoms. The lowest BCUT2D eigenvalue weighted by molar-refractivity contribution is 0.314. The maximum atomic E-state index is 4.81. The van der Waals surface area contributed by atoms with Gasteiger partial charge in [0.2, 0.25) is 0 Å². The zero-order chi connectivity index (χ0) is 17.3. The van der Waals surface area contributed by atoms with Crippen molar-refractivity contribution in [2.24, 2.45) is 7.05 Å². The van der Waals surface area contributed by atoms with Gasteiger partial charge in [0, 0.05) is 42.3 Å². The number of thiazole rings is 1. The van der Waals surface area contributed by atoms with Crippen molar-refractivity contribution in [1.29, 1.82) is 0 Å². The van der Waals surface area contributed by atoms with Crippen LogP contribution in [0.3, 0.4) is 0 Å². The van der Waals surface area contributed by atoms with E-state index in [9.17, 15) is 0 Å². The van der Waals surface area contributed by atoms with Crippen LogP contribution in [0.25, 0.3) is 10.6 Å². The first-order valence-electron chi connectivity index (χ1n) is 8.13. The Morgan fingerprint density at radius 3 is 2.62 bits per heavy atom. The van der Waals surface area contributed by atoms with Crippen molar-refractivity contribution in [3.05, 3.63) is 57.9 Å². The minimum absolute atomic E-state index is 0.843. The zero-order valence-corrected chi connectivity index (χ0v) is 15.8. The second-order valence-corrected chi connectivity index (χ2v) is 7.32. The average Bonchev–Trinajstić information content (AvgIpc) is 3.08. The molecule has 3 aromatic rings. The number of hydrogen-bond acceptors (Lipinski definition) is 4. The van der Waals surface area contributed by atoms with Gasteiger partial charge in [-0.1, -0.05) is 23.8 Å². The van der Waals surface area contributed by atoms with E-state index in [-0.39, 0.29) is 0 Å². The van der Waals surface area contributed by atoms with Gasteiger partial charge in [-0.05, 0) is 33.9 Å². The van der Waals surface area contributed by atoms with Gasteiger partial charge < -0.3 is 0 Å². The second-order valence-electron chi connectivity index (χ2n) is 6.46. The Morgan fingerprint density at radius 1 is 1.17 bits per heavy atom. The molecule has 126 valence electrons. The van der Waals surface area contributed by atoms with Crippen molar-refractivity contribution in [1.82, 2.24) is 19.7 Å². The van der Waals surface area contributed by atoms with Gasteiger partial charge in [-0.25, -0.2) is 4.98 Å². The molecule has 0 saturated carbocycles. The van der Waals surface area contributed by atoms with Gasteiger partial charge in [-0.15, -0.1) is 11.3 Å². The number of benzene rings is 1. The molecule has 2 heterocycles. The summed E-state index contributed by atoms with van der Waals surface area (Å²) in [5, 5.41) is 7.76. The highest BCUT2D eigenvalue weighted by Crippen LogP contribution is 2.25. The summed E-state index contributed by atoms with van der Waals surface area (Å²) in [5.41, 5.74) is 7.25. The quantitative estimate of drug-likeness (QED) is 0.701. The Labute approximate surface area is 147 Å². The molecule has 24 heavy (non-hydrogen) atoms. The smallest absolute Gasteiger partial charge is 0.123 e. The van der Waals surface area contributed by atoms with E-state index in [1.165, 1.54) is 22.4 Å². The summed E-state index contributed by atoms with van der Waals surface area (Å²) in [5.74, 6) is 0. The van der Waals surface area contributed by atoms with Crippen LogP contribution in [0.2, 0.25) is 0 Å². The van der Waals surface area contributed by atoms with Gasteiger partial charge in [0.1, 0.15) is 5.01 Å². The van der Waals surface area contributed by atoms with Gasteiger partial charge in [0.25, 0.3) is 0 Å². The average molecular weight is 340 g/mol. The normalized spacial score (nSPS) is 11.4. The number of aromatic nitrogens is 3. The molecule has 0 N–H and O–H groups in total. The lowest BCUT2D eigenvalue weighted by atomic mass is 10.1. The summed E-state index contributed by atoms with van der Waals surface area (Å²) < 4.78 is 1.96. The standard InChI is InChI=1S/C19H24N4S/c1-13-7-6-8-16(9-13)19-20-17(12-24-19)10-22(4)11-18-14(2)21-23(5)15(18)3/h6-9,12H,10-11H2,1-5H3. The van der Waals surface area contributed by atoms with Crippen LogP contribution in [0.5, 0.6) is 0 Å². The monoisotopic (exact) mass is 340 g/mol. The lowest BCUT2D eigenvalue weighted by Crippen LogP contribution is -2.18. The third-order valence-electron chi connectivity index (χ3n) is 4.34. The minimum atomic E-state index is 0.843. The first-order valence-corrected chi connectivity index (χ1v) is 9.01. The van der Waals surface area contributed by atoms with E-state index in [2.05, 4.69) is 67.5 Å². The molecule has 0 fully saturated rings. The van der Waals surface area contributed by atoms with Crippen molar-refractivity contribution >= 4 is 11.3 Å². The Balaban J connectivity index is 1.70. The molecule has 0 radical (unpaired) electrons. The van der Waals surface area contributed by atoms with Crippen LogP contribution in [0.15, 0.2) is 29.6 Å². The molecule has 1 aromatic carbocycles. The van der Waals surface area contributed by atoms with Crippen molar-refractivity contribution in [3.63, 3.8) is 0 Å². The number of hydrogen-bond donors (Lipinski definition) is 0. The lowest BCUT2D eigenvalue weighted by Gasteiger charge is -2.15. The van der Waals surface area contributed by atoms with E-state index in [0.29, 0.717) is 0 Å². The molecule has 0 atom stereocenters. The van der Waals surface area contributed by atoms with Gasteiger partial charge in [0.15, 0.2) is 0 Å². The van der Waals surface area contributed by atoms with Gasteiger partial charge in [-0.2, -0.15) is 5.10 Å². The second kappa shape index (κ2) is 6.87. The molecule has 0 aliphatic carbocycles. The third-order valence-corrected chi connectivity index (χ3v) is 5.28. The summed E-state index contributed by atoms with van der Waals surface area (Å²) in [6.45, 7) is 8.06. The predicted molar refractivity (Wildman–Crippen MR) is 100 cm³/mol. The molecule has 0 amide bonds. The molecular formula is C19H24N4S. The van der Waals surface area contributed by atoms with Gasteiger partial charge in [0.05, 0.1) is 11.4 Å². The van der Waals surface area contributed by atoms with Crippen LogP contribution in [0.4, 0.5) is 0 Å². The van der Waals surface area contributed by atoms with E-state index in [1.807, 2.05) is 11.7 Å². The molecule has 2 aromatic heterocycles. The Kier molecular flexibility index (Phi) is 4.83. The molecule has 3 rings (SSSR count). The van der Waals surface area contributed by atoms with Crippen LogP contribution in [-0.4, -0.2) is 26.7 Å². The summed E-state index contributed by atoms with van der Waals surface area (Å²) in [4.78, 5) is 7.11. The highest BCUT2D eigenvalue weighted by molar-refractivity contribution is 7.13. The van der Waals surface area contributed by atoms with E-state index in [1.54, 1.807) is 11.3 Å². The molecular weight excluding hydrogens is 316 g/mol. The Hall–Kier alpha value is -1.98. The van der Waals surface area contributed by atoms with Crippen LogP contribution in [-0.2, 0) is 20.1 Å². The Morgan fingerprint density at radius 2 is 1.96 bits per heavy atom. The Bertz CT molecular complexity index is 847. The van der Waals surface area contributed by atoms with Crippen molar-refractivity contribution in [2.45, 2.75) is 33.9 Å². The van der Waals surface area contributed by atoms with E-state index >= 15 is 0 Å². The summed E-state index contributed by atoms with van der Waals surface area (Å²) in [6, 6.07) is 8.52. The molecule has 4 nitrogen and oxygen atoms in total. The zero-order valence-electron chi connectivity index (χ0n) is 15.0. The van der Waals surface area contributed by atoms with E-state index < -0.39 is 0 Å². The summed E-state index contributed by atoms with van der Waals surface area (Å²) in [6.07, 6.45) is 0. The van der Waals surface area contributed by atoms with Crippen molar-refractivity contribution in [3.8, 4) is 10.6 Å². The van der Waals surface area contributed by atoms with Crippen LogP contribution < -0.4 is 0 Å². The molecule has 0 aliphatic rings. The fourth-order valence-corrected chi connectivity index (χ4v) is 3.75. The largest absolute Gasteiger partial charge is 0.296 e. The minimum Gasteiger partial charge on any atom is -0.296 e. The van der Waals surface area contributed by atoms with Crippen molar-refractivity contribution < 1.29 is 0 Å². The van der Waals surface area contributed by atoms with Crippen LogP contribution in [0.1, 0.15) is 28.2 Å². The molecule has 0 aliphatic heterocycles. The van der Waals surface area contributed by atoms with E-state index in [4.69, 9.17) is 4.98 Å². The molecule has 0 unspecified atom stereocenters. The molecule has 0 spiro atoms. The first-order chi connectivity index (χ1) is 11.4. The predicted octanol–water partition coefficient (Wildman–Crippen LogP) is 4.10. The van der Waals surface area contributed by atoms with Crippen molar-refractivity contribution in [2.75, 3.05) is 7.05 Å². The molecule has 0 saturated heterocycles. The number of aryl methyl sites for hydroxylation is 3. The van der Waals surface area contributed by atoms with E-state index in [0.717, 1.165) is 29.5 Å². The first kappa shape index (κ1) is 16.9. The maximum Gasteiger partial charge on any atom is 0.123 e. The third kappa shape index (κ3) is 3.57. The van der Waals surface area contributed by atoms with Crippen LogP contribution in [0, 0.1) is 20.8 Å². The number of nitrogens with zero attached hydrogens (tertiary/aromatic N) is 4. The van der Waals surface area contributed by atoms with Gasteiger partial charge in [-0.3, -0.25) is 9.58 Å². The fraction of sp³-hybridized carbons (Fsp3) is 0.368. The highest BCUT2D eigenvalue weighted by Gasteiger charge is 2.13. The highest BCUT2D eigenvalue weighted by atomic mass is 32.1. The summed E-state index contributed by atoms with van der Waals surface area (Å²) in [7, 11) is 4.14.